The van der Waals surface area contributed by atoms with Gasteiger partial charge in [-0.05, 0) is 37.8 Å². The first-order valence-electron chi connectivity index (χ1n) is 11.0. The molecule has 184 valence electrons. The molecule has 1 saturated heterocycles. The van der Waals surface area contributed by atoms with Crippen LogP contribution in [0.25, 0.3) is 11.3 Å². The number of benzene rings is 1. The molecule has 12 heteroatoms. The molecule has 2 aromatic heterocycles. The minimum atomic E-state index is -0.756. The summed E-state index contributed by atoms with van der Waals surface area (Å²) in [6, 6.07) is 1.86. The molecule has 2 amide bonds. The molecule has 1 aliphatic rings. The Morgan fingerprint density at radius 2 is 1.86 bits per heavy atom. The summed E-state index contributed by atoms with van der Waals surface area (Å²) in [4.78, 5) is 24.7. The maximum absolute atomic E-state index is 14.5. The van der Waals surface area contributed by atoms with Crippen LogP contribution in [0.5, 0.6) is 0 Å². The largest absolute Gasteiger partial charge is 0.361 e. The summed E-state index contributed by atoms with van der Waals surface area (Å²) in [6.07, 6.45) is 2.26. The summed E-state index contributed by atoms with van der Waals surface area (Å²) in [6.45, 7) is 4.81. The van der Waals surface area contributed by atoms with E-state index in [0.717, 1.165) is 30.6 Å². The zero-order chi connectivity index (χ0) is 25.1. The van der Waals surface area contributed by atoms with Crippen molar-refractivity contribution in [1.29, 1.82) is 5.41 Å². The Morgan fingerprint density at radius 3 is 2.46 bits per heavy atom. The van der Waals surface area contributed by atoms with Crippen LogP contribution in [0.1, 0.15) is 29.5 Å². The normalized spacial score (nSPS) is 14.7. The minimum Gasteiger partial charge on any atom is -0.361 e. The van der Waals surface area contributed by atoms with Crippen molar-refractivity contribution in [2.24, 2.45) is 0 Å². The van der Waals surface area contributed by atoms with Gasteiger partial charge in [-0.2, -0.15) is 0 Å². The van der Waals surface area contributed by atoms with Gasteiger partial charge in [-0.15, -0.1) is 0 Å². The summed E-state index contributed by atoms with van der Waals surface area (Å²) >= 11 is 0. The number of amides is 2. The van der Waals surface area contributed by atoms with Gasteiger partial charge in [-0.1, -0.05) is 5.16 Å². The molecule has 0 spiro atoms. The molecule has 0 radical (unpaired) electrons. The van der Waals surface area contributed by atoms with Crippen LogP contribution in [0.2, 0.25) is 0 Å². The summed E-state index contributed by atoms with van der Waals surface area (Å²) in [7, 11) is 0. The third-order valence-electron chi connectivity index (χ3n) is 5.79. The molecule has 0 saturated carbocycles. The molecule has 1 aliphatic heterocycles. The van der Waals surface area contributed by atoms with Crippen LogP contribution in [0.3, 0.4) is 0 Å². The van der Waals surface area contributed by atoms with E-state index in [1.165, 1.54) is 0 Å². The van der Waals surface area contributed by atoms with Gasteiger partial charge in [0.2, 0.25) is 5.95 Å². The molecule has 0 unspecified atom stereocenters. The van der Waals surface area contributed by atoms with Gasteiger partial charge in [-0.3, -0.25) is 0 Å². The summed E-state index contributed by atoms with van der Waals surface area (Å²) < 4.78 is 46.9. The number of rotatable bonds is 6. The molecule has 1 fully saturated rings. The third-order valence-corrected chi connectivity index (χ3v) is 5.79. The molecule has 9 nitrogen and oxygen atoms in total. The first-order valence-corrected chi connectivity index (χ1v) is 11.0. The molecule has 0 aliphatic carbocycles. The topological polar surface area (TPSA) is 111 Å². The first kappa shape index (κ1) is 24.2. The lowest BCUT2D eigenvalue weighted by molar-refractivity contribution is 0.190. The van der Waals surface area contributed by atoms with E-state index in [-0.39, 0.29) is 17.7 Å². The Balaban J connectivity index is 1.43. The van der Waals surface area contributed by atoms with E-state index < -0.39 is 29.5 Å². The van der Waals surface area contributed by atoms with Gasteiger partial charge in [0.05, 0.1) is 23.5 Å². The molecule has 1 aromatic carbocycles. The lowest BCUT2D eigenvalue weighted by atomic mass is 10.0. The van der Waals surface area contributed by atoms with Crippen molar-refractivity contribution in [2.45, 2.75) is 26.3 Å². The predicted octanol–water partition coefficient (Wildman–Crippen LogP) is 3.78. The number of carbonyl (C=O) groups is 1. The van der Waals surface area contributed by atoms with Crippen molar-refractivity contribution in [3.63, 3.8) is 0 Å². The first-order chi connectivity index (χ1) is 16.8. The van der Waals surface area contributed by atoms with Crippen molar-refractivity contribution in [1.82, 2.24) is 25.3 Å². The molecule has 4 rings (SSSR count). The standard InChI is InChI=1S/C23H24F3N7O2/c1-13-20(14(2)35-31-13)21-18(26)12-28-22(30-21)32-5-7-33(8-6-32)23(34)29-19(3-4-27)15-9-16(24)11-17(25)10-15/h4,9-12,19,27H,3,5-8H2,1-2H3,(H,29,34)/t19-/m0/s1. The second-order valence-corrected chi connectivity index (χ2v) is 8.18. The number of piperazine rings is 1. The highest BCUT2D eigenvalue weighted by molar-refractivity contribution is 5.75. The number of hydrogen-bond acceptors (Lipinski definition) is 7. The highest BCUT2D eigenvalue weighted by Crippen LogP contribution is 2.28. The molecule has 35 heavy (non-hydrogen) atoms. The van der Waals surface area contributed by atoms with E-state index in [2.05, 4.69) is 20.4 Å². The van der Waals surface area contributed by atoms with Crippen molar-refractivity contribution < 1.29 is 22.5 Å². The van der Waals surface area contributed by atoms with Gasteiger partial charge < -0.3 is 25.0 Å². The van der Waals surface area contributed by atoms with Gasteiger partial charge in [0, 0.05) is 38.7 Å². The van der Waals surface area contributed by atoms with Crippen LogP contribution in [-0.2, 0) is 0 Å². The number of nitrogens with one attached hydrogen (secondary N) is 2. The van der Waals surface area contributed by atoms with E-state index in [9.17, 15) is 18.0 Å². The fourth-order valence-electron chi connectivity index (χ4n) is 4.03. The molecule has 0 bridgehead atoms. The van der Waals surface area contributed by atoms with Crippen molar-refractivity contribution >= 4 is 18.2 Å². The molecular weight excluding hydrogens is 463 g/mol. The highest BCUT2D eigenvalue weighted by atomic mass is 19.1. The van der Waals surface area contributed by atoms with E-state index in [0.29, 0.717) is 49.1 Å². The Bertz CT molecular complexity index is 1200. The zero-order valence-electron chi connectivity index (χ0n) is 19.2. The van der Waals surface area contributed by atoms with Crippen molar-refractivity contribution in [3.05, 3.63) is 58.9 Å². The van der Waals surface area contributed by atoms with Crippen molar-refractivity contribution in [2.75, 3.05) is 31.1 Å². The lowest BCUT2D eigenvalue weighted by Crippen LogP contribution is -2.52. The molecule has 3 aromatic rings. The highest BCUT2D eigenvalue weighted by Gasteiger charge is 2.26. The maximum atomic E-state index is 14.5. The minimum absolute atomic E-state index is 0.0858. The number of carbonyl (C=O) groups excluding carboxylic acids is 1. The van der Waals surface area contributed by atoms with Crippen LogP contribution in [-0.4, -0.2) is 58.4 Å². The maximum Gasteiger partial charge on any atom is 0.318 e. The van der Waals surface area contributed by atoms with Gasteiger partial charge in [0.25, 0.3) is 0 Å². The van der Waals surface area contributed by atoms with Gasteiger partial charge in [0.1, 0.15) is 23.1 Å². The third kappa shape index (κ3) is 5.26. The van der Waals surface area contributed by atoms with Crippen LogP contribution < -0.4 is 10.2 Å². The summed E-state index contributed by atoms with van der Waals surface area (Å²) in [5.41, 5.74) is 1.34. The van der Waals surface area contributed by atoms with Gasteiger partial charge in [0.15, 0.2) is 5.82 Å². The number of nitrogens with zero attached hydrogens (tertiary/aromatic N) is 5. The van der Waals surface area contributed by atoms with Crippen molar-refractivity contribution in [3.8, 4) is 11.3 Å². The van der Waals surface area contributed by atoms with Crippen LogP contribution in [0.15, 0.2) is 28.9 Å². The number of halogens is 3. The summed E-state index contributed by atoms with van der Waals surface area (Å²) in [5.74, 6) is -1.34. The average Bonchev–Trinajstić information content (AvgIpc) is 3.16. The monoisotopic (exact) mass is 487 g/mol. The van der Waals surface area contributed by atoms with Gasteiger partial charge >= 0.3 is 6.03 Å². The van der Waals surface area contributed by atoms with Crippen LogP contribution in [0, 0.1) is 36.7 Å². The van der Waals surface area contributed by atoms with Crippen LogP contribution >= 0.6 is 0 Å². The van der Waals surface area contributed by atoms with E-state index in [1.54, 1.807) is 18.7 Å². The fourth-order valence-corrected chi connectivity index (χ4v) is 4.03. The Hall–Kier alpha value is -3.96. The van der Waals surface area contributed by atoms with E-state index in [4.69, 9.17) is 9.93 Å². The lowest BCUT2D eigenvalue weighted by Gasteiger charge is -2.35. The molecular formula is C23H24F3N7O2. The zero-order valence-corrected chi connectivity index (χ0v) is 19.2. The second kappa shape index (κ2) is 10.1. The van der Waals surface area contributed by atoms with E-state index >= 15 is 0 Å². The SMILES string of the molecule is Cc1noc(C)c1-c1nc(N2CCN(C(=O)N[C@@H](CC=N)c3cc(F)cc(F)c3)CC2)ncc1F. The molecule has 2 N–H and O–H groups in total. The average molecular weight is 487 g/mol. The molecule has 3 heterocycles. The van der Waals surface area contributed by atoms with Crippen LogP contribution in [0.4, 0.5) is 23.9 Å². The smallest absolute Gasteiger partial charge is 0.318 e. The number of aryl methyl sites for hydroxylation is 2. The Morgan fingerprint density at radius 1 is 1.17 bits per heavy atom. The number of aromatic nitrogens is 3. The van der Waals surface area contributed by atoms with E-state index in [1.807, 2.05) is 4.90 Å². The Labute approximate surface area is 199 Å². The predicted molar refractivity (Wildman–Crippen MR) is 122 cm³/mol. The molecule has 1 atom stereocenters. The fraction of sp³-hybridized carbons (Fsp3) is 0.348. The number of urea groups is 1. The van der Waals surface area contributed by atoms with Gasteiger partial charge in [-0.25, -0.2) is 27.9 Å². The summed E-state index contributed by atoms with van der Waals surface area (Å²) in [5, 5.41) is 14.0. The Kier molecular flexibility index (Phi) is 6.99. The number of hydrogen-bond donors (Lipinski definition) is 2. The number of anilines is 1. The quantitative estimate of drug-likeness (QED) is 0.512. The second-order valence-electron chi connectivity index (χ2n) is 8.18.